The van der Waals surface area contributed by atoms with Gasteiger partial charge in [-0.05, 0) is 51.8 Å². The van der Waals surface area contributed by atoms with Crippen LogP contribution in [0.25, 0.3) is 10.8 Å². The standard InChI is InChI=1S/C26H27F3N4O2/c1-13(16-6-5-7-17(22(16)27)23(28)29)30-24-19-11-21-20(10-18(19)14(2)31-32-24)26(3,4)25(34)33(21)15-8-9-35-12-15/h5-7,10-11,13,15,23H,8-9,12H2,1-4H3,(H,30,32)/t13-,15?/m1/s1. The molecule has 1 N–H and O–H groups in total. The Bertz CT molecular complexity index is 1320. The lowest BCUT2D eigenvalue weighted by molar-refractivity contribution is -0.122. The van der Waals surface area contributed by atoms with Gasteiger partial charge in [0.15, 0.2) is 5.82 Å². The summed E-state index contributed by atoms with van der Waals surface area (Å²) in [6, 6.07) is 7.19. The van der Waals surface area contributed by atoms with Crippen LogP contribution in [0.5, 0.6) is 0 Å². The van der Waals surface area contributed by atoms with E-state index in [2.05, 4.69) is 15.5 Å². The van der Waals surface area contributed by atoms with Crippen molar-refractivity contribution in [1.82, 2.24) is 10.2 Å². The molecule has 2 aliphatic rings. The van der Waals surface area contributed by atoms with Crippen LogP contribution in [0, 0.1) is 12.7 Å². The fraction of sp³-hybridized carbons (Fsp3) is 0.423. The van der Waals surface area contributed by atoms with Gasteiger partial charge < -0.3 is 15.0 Å². The van der Waals surface area contributed by atoms with Crippen molar-refractivity contribution in [3.05, 3.63) is 58.5 Å². The number of hydrogen-bond acceptors (Lipinski definition) is 5. The molecule has 2 aromatic carbocycles. The molecule has 0 radical (unpaired) electrons. The first-order valence-corrected chi connectivity index (χ1v) is 11.7. The molecule has 1 aromatic heterocycles. The molecule has 9 heteroatoms. The molecular weight excluding hydrogens is 457 g/mol. The number of anilines is 2. The third-order valence-corrected chi connectivity index (χ3v) is 7.15. The highest BCUT2D eigenvalue weighted by molar-refractivity contribution is 6.11. The molecule has 184 valence electrons. The first kappa shape index (κ1) is 23.5. The SMILES string of the molecule is Cc1nnc(N[C@H](C)c2cccc(C(F)F)c2F)c2cc3c(cc12)C(C)(C)C(=O)N3C1CCOC1. The molecule has 0 saturated carbocycles. The maximum atomic E-state index is 14.8. The van der Waals surface area contributed by atoms with Gasteiger partial charge in [0.25, 0.3) is 6.43 Å². The third-order valence-electron chi connectivity index (χ3n) is 7.15. The fourth-order valence-corrected chi connectivity index (χ4v) is 5.09. The minimum Gasteiger partial charge on any atom is -0.379 e. The Labute approximate surface area is 201 Å². The van der Waals surface area contributed by atoms with Crippen LogP contribution in [-0.4, -0.2) is 35.4 Å². The number of ether oxygens (including phenoxy) is 1. The van der Waals surface area contributed by atoms with Gasteiger partial charge in [0.2, 0.25) is 5.91 Å². The van der Waals surface area contributed by atoms with Crippen molar-refractivity contribution in [3.8, 4) is 0 Å². The fourth-order valence-electron chi connectivity index (χ4n) is 5.09. The number of benzene rings is 2. The number of amides is 1. The topological polar surface area (TPSA) is 67.4 Å². The molecule has 3 aromatic rings. The summed E-state index contributed by atoms with van der Waals surface area (Å²) in [6.45, 7) is 8.45. The smallest absolute Gasteiger partial charge is 0.266 e. The van der Waals surface area contributed by atoms with Crippen molar-refractivity contribution in [2.75, 3.05) is 23.4 Å². The number of alkyl halides is 2. The highest BCUT2D eigenvalue weighted by Gasteiger charge is 2.47. The molecule has 0 aliphatic carbocycles. The molecule has 1 amide bonds. The number of halogens is 3. The lowest BCUT2D eigenvalue weighted by atomic mass is 9.85. The summed E-state index contributed by atoms with van der Waals surface area (Å²) in [4.78, 5) is 15.3. The van der Waals surface area contributed by atoms with E-state index < -0.39 is 29.3 Å². The monoisotopic (exact) mass is 484 g/mol. The zero-order valence-corrected chi connectivity index (χ0v) is 20.0. The lowest BCUT2D eigenvalue weighted by Gasteiger charge is -2.25. The van der Waals surface area contributed by atoms with Crippen molar-refractivity contribution in [1.29, 1.82) is 0 Å². The third kappa shape index (κ3) is 3.73. The summed E-state index contributed by atoms with van der Waals surface area (Å²) in [7, 11) is 0. The minimum atomic E-state index is -2.91. The van der Waals surface area contributed by atoms with Gasteiger partial charge in [-0.1, -0.05) is 18.2 Å². The second-order valence-electron chi connectivity index (χ2n) is 9.78. The molecule has 1 unspecified atom stereocenters. The molecule has 1 fully saturated rings. The van der Waals surface area contributed by atoms with E-state index in [-0.39, 0.29) is 17.5 Å². The van der Waals surface area contributed by atoms with E-state index in [1.54, 1.807) is 6.92 Å². The summed E-state index contributed by atoms with van der Waals surface area (Å²) in [5.74, 6) is -0.527. The van der Waals surface area contributed by atoms with Gasteiger partial charge in [0.1, 0.15) is 5.82 Å². The number of aryl methyl sites for hydroxylation is 1. The predicted molar refractivity (Wildman–Crippen MR) is 127 cm³/mol. The highest BCUT2D eigenvalue weighted by Crippen LogP contribution is 2.46. The Morgan fingerprint density at radius 3 is 2.60 bits per heavy atom. The summed E-state index contributed by atoms with van der Waals surface area (Å²) in [5.41, 5.74) is 1.17. The Morgan fingerprint density at radius 2 is 1.91 bits per heavy atom. The molecular formula is C26H27F3N4O2. The van der Waals surface area contributed by atoms with Gasteiger partial charge in [0, 0.05) is 28.6 Å². The summed E-state index contributed by atoms with van der Waals surface area (Å²) in [5, 5.41) is 13.3. The van der Waals surface area contributed by atoms with Crippen LogP contribution in [-0.2, 0) is 14.9 Å². The molecule has 35 heavy (non-hydrogen) atoms. The van der Waals surface area contributed by atoms with Crippen LogP contribution < -0.4 is 10.2 Å². The Hall–Kier alpha value is -3.20. The average Bonchev–Trinajstić information content (AvgIpc) is 3.40. The lowest BCUT2D eigenvalue weighted by Crippen LogP contribution is -2.43. The number of carbonyl (C=O) groups is 1. The second-order valence-corrected chi connectivity index (χ2v) is 9.78. The summed E-state index contributed by atoms with van der Waals surface area (Å²) < 4.78 is 46.8. The zero-order chi connectivity index (χ0) is 25.1. The molecule has 3 heterocycles. The van der Waals surface area contributed by atoms with Crippen molar-refractivity contribution >= 4 is 28.2 Å². The number of aromatic nitrogens is 2. The molecule has 2 atom stereocenters. The van der Waals surface area contributed by atoms with Gasteiger partial charge in [0.05, 0.1) is 35.4 Å². The Balaban J connectivity index is 1.60. The van der Waals surface area contributed by atoms with Crippen LogP contribution in [0.1, 0.15) is 62.0 Å². The number of rotatable bonds is 5. The first-order chi connectivity index (χ1) is 16.6. The van der Waals surface area contributed by atoms with Gasteiger partial charge in [-0.2, -0.15) is 5.10 Å². The number of nitrogens with zero attached hydrogens (tertiary/aromatic N) is 3. The van der Waals surface area contributed by atoms with Crippen LogP contribution in [0.4, 0.5) is 24.7 Å². The Kier molecular flexibility index (Phi) is 5.70. The number of carbonyl (C=O) groups excluding carboxylic acids is 1. The van der Waals surface area contributed by atoms with E-state index in [0.717, 1.165) is 34.5 Å². The number of hydrogen-bond donors (Lipinski definition) is 1. The average molecular weight is 485 g/mol. The molecule has 6 nitrogen and oxygen atoms in total. The van der Waals surface area contributed by atoms with Crippen molar-refractivity contribution in [2.45, 2.75) is 58.0 Å². The van der Waals surface area contributed by atoms with Gasteiger partial charge in [-0.25, -0.2) is 13.2 Å². The number of nitrogens with one attached hydrogen (secondary N) is 1. The largest absolute Gasteiger partial charge is 0.379 e. The summed E-state index contributed by atoms with van der Waals surface area (Å²) in [6.07, 6.45) is -2.15. The molecule has 5 rings (SSSR count). The van der Waals surface area contributed by atoms with Gasteiger partial charge in [-0.3, -0.25) is 4.79 Å². The van der Waals surface area contributed by atoms with E-state index in [4.69, 9.17) is 4.74 Å². The minimum absolute atomic E-state index is 0.0191. The molecule has 0 bridgehead atoms. The van der Waals surface area contributed by atoms with Crippen LogP contribution in [0.15, 0.2) is 30.3 Å². The van der Waals surface area contributed by atoms with E-state index in [1.807, 2.05) is 37.8 Å². The van der Waals surface area contributed by atoms with Gasteiger partial charge in [-0.15, -0.1) is 5.10 Å². The first-order valence-electron chi connectivity index (χ1n) is 11.7. The van der Waals surface area contributed by atoms with Crippen molar-refractivity contribution < 1.29 is 22.7 Å². The zero-order valence-electron chi connectivity index (χ0n) is 20.0. The maximum absolute atomic E-state index is 14.8. The van der Waals surface area contributed by atoms with E-state index in [0.29, 0.717) is 24.7 Å². The number of fused-ring (bicyclic) bond motifs is 2. The highest BCUT2D eigenvalue weighted by atomic mass is 19.3. The summed E-state index contributed by atoms with van der Waals surface area (Å²) >= 11 is 0. The quantitative estimate of drug-likeness (QED) is 0.511. The maximum Gasteiger partial charge on any atom is 0.266 e. The molecule has 2 aliphatic heterocycles. The Morgan fingerprint density at radius 1 is 1.17 bits per heavy atom. The van der Waals surface area contributed by atoms with E-state index >= 15 is 0 Å². The van der Waals surface area contributed by atoms with Gasteiger partial charge >= 0.3 is 0 Å². The molecule has 0 spiro atoms. The van der Waals surface area contributed by atoms with Crippen LogP contribution >= 0.6 is 0 Å². The second kappa shape index (κ2) is 8.48. The van der Waals surface area contributed by atoms with Crippen LogP contribution in [0.2, 0.25) is 0 Å². The van der Waals surface area contributed by atoms with Crippen molar-refractivity contribution in [3.63, 3.8) is 0 Å². The van der Waals surface area contributed by atoms with Crippen molar-refractivity contribution in [2.24, 2.45) is 0 Å². The van der Waals surface area contributed by atoms with E-state index in [1.165, 1.54) is 12.1 Å². The predicted octanol–water partition coefficient (Wildman–Crippen LogP) is 5.60. The van der Waals surface area contributed by atoms with Crippen LogP contribution in [0.3, 0.4) is 0 Å². The normalized spacial score (nSPS) is 20.1. The molecule has 1 saturated heterocycles. The van der Waals surface area contributed by atoms with E-state index in [9.17, 15) is 18.0 Å².